The van der Waals surface area contributed by atoms with Gasteiger partial charge >= 0.3 is 0 Å². The number of hydrogen-bond acceptors (Lipinski definition) is 4. The molecule has 0 saturated carbocycles. The lowest BCUT2D eigenvalue weighted by atomic mass is 10.0. The summed E-state index contributed by atoms with van der Waals surface area (Å²) in [7, 11) is 1.85. The zero-order valence-corrected chi connectivity index (χ0v) is 19.0. The van der Waals surface area contributed by atoms with Crippen molar-refractivity contribution in [2.24, 2.45) is 12.0 Å². The zero-order valence-electron chi connectivity index (χ0n) is 16.7. The van der Waals surface area contributed by atoms with Gasteiger partial charge in [0.1, 0.15) is 24.5 Å². The lowest BCUT2D eigenvalue weighted by Gasteiger charge is -2.35. The summed E-state index contributed by atoms with van der Waals surface area (Å²) in [4.78, 5) is 10.9. The number of aryl methyl sites for hydroxylation is 2. The molecular formula is C19H29FIN7. The molecular weight excluding hydrogens is 472 g/mol. The Morgan fingerprint density at radius 3 is 2.93 bits per heavy atom. The van der Waals surface area contributed by atoms with Gasteiger partial charge in [-0.2, -0.15) is 5.10 Å². The molecule has 1 fully saturated rings. The van der Waals surface area contributed by atoms with Crippen molar-refractivity contribution in [1.82, 2.24) is 25.4 Å². The van der Waals surface area contributed by atoms with Gasteiger partial charge in [-0.1, -0.05) is 6.07 Å². The van der Waals surface area contributed by atoms with Crippen molar-refractivity contribution in [3.8, 4) is 0 Å². The summed E-state index contributed by atoms with van der Waals surface area (Å²) in [5.41, 5.74) is 1.75. The second kappa shape index (κ2) is 10.6. The van der Waals surface area contributed by atoms with Crippen LogP contribution in [0.5, 0.6) is 0 Å². The SMILES string of the molecule is CCNC(=NCc1ncnn1C)NC1CCCN(c2cc(C)ccc2F)C1.I. The smallest absolute Gasteiger partial charge is 0.191 e. The number of nitrogens with one attached hydrogen (secondary N) is 2. The van der Waals surface area contributed by atoms with Crippen LogP contribution < -0.4 is 15.5 Å². The fraction of sp³-hybridized carbons (Fsp3) is 0.526. The molecule has 0 bridgehead atoms. The van der Waals surface area contributed by atoms with Crippen molar-refractivity contribution in [2.75, 3.05) is 24.5 Å². The Hall–Kier alpha value is -1.91. The molecule has 154 valence electrons. The molecule has 0 amide bonds. The van der Waals surface area contributed by atoms with E-state index < -0.39 is 0 Å². The fourth-order valence-electron chi connectivity index (χ4n) is 3.31. The van der Waals surface area contributed by atoms with Crippen LogP contribution >= 0.6 is 24.0 Å². The van der Waals surface area contributed by atoms with E-state index in [1.54, 1.807) is 16.8 Å². The molecule has 28 heavy (non-hydrogen) atoms. The minimum atomic E-state index is -0.163. The number of nitrogens with zero attached hydrogens (tertiary/aromatic N) is 5. The zero-order chi connectivity index (χ0) is 19.2. The molecule has 1 aromatic carbocycles. The van der Waals surface area contributed by atoms with Crippen LogP contribution in [0, 0.1) is 12.7 Å². The molecule has 1 atom stereocenters. The highest BCUT2D eigenvalue weighted by Gasteiger charge is 2.23. The van der Waals surface area contributed by atoms with Gasteiger partial charge in [0.15, 0.2) is 5.96 Å². The van der Waals surface area contributed by atoms with Gasteiger partial charge in [-0.3, -0.25) is 4.68 Å². The van der Waals surface area contributed by atoms with E-state index in [0.29, 0.717) is 12.2 Å². The van der Waals surface area contributed by atoms with Crippen LogP contribution in [0.1, 0.15) is 31.2 Å². The van der Waals surface area contributed by atoms with Crippen LogP contribution in [0.3, 0.4) is 0 Å². The number of guanidine groups is 1. The highest BCUT2D eigenvalue weighted by molar-refractivity contribution is 14.0. The van der Waals surface area contributed by atoms with Crippen molar-refractivity contribution in [3.05, 3.63) is 41.7 Å². The number of halogens is 2. The number of piperidine rings is 1. The third-order valence-corrected chi connectivity index (χ3v) is 4.73. The molecule has 9 heteroatoms. The summed E-state index contributed by atoms with van der Waals surface area (Å²) in [5, 5.41) is 10.8. The third-order valence-electron chi connectivity index (χ3n) is 4.73. The molecule has 1 aromatic heterocycles. The van der Waals surface area contributed by atoms with Gasteiger partial charge in [-0.05, 0) is 44.4 Å². The van der Waals surface area contributed by atoms with E-state index in [9.17, 15) is 4.39 Å². The minimum Gasteiger partial charge on any atom is -0.367 e. The van der Waals surface area contributed by atoms with E-state index in [1.165, 1.54) is 6.33 Å². The number of rotatable bonds is 5. The van der Waals surface area contributed by atoms with E-state index in [-0.39, 0.29) is 35.8 Å². The summed E-state index contributed by atoms with van der Waals surface area (Å²) >= 11 is 0. The quantitative estimate of drug-likeness (QED) is 0.375. The Kier molecular flexibility index (Phi) is 8.46. The molecule has 3 rings (SSSR count). The normalized spacial score (nSPS) is 17.2. The fourth-order valence-corrected chi connectivity index (χ4v) is 3.31. The monoisotopic (exact) mass is 501 g/mol. The van der Waals surface area contributed by atoms with E-state index in [1.807, 2.05) is 27.0 Å². The van der Waals surface area contributed by atoms with E-state index in [4.69, 9.17) is 0 Å². The topological polar surface area (TPSA) is 70.4 Å². The van der Waals surface area contributed by atoms with Gasteiger partial charge in [0.25, 0.3) is 0 Å². The highest BCUT2D eigenvalue weighted by Crippen LogP contribution is 2.24. The molecule has 0 radical (unpaired) electrons. The maximum absolute atomic E-state index is 14.3. The molecule has 7 nitrogen and oxygen atoms in total. The van der Waals surface area contributed by atoms with E-state index in [0.717, 1.165) is 49.8 Å². The average Bonchev–Trinajstić information content (AvgIpc) is 3.07. The second-order valence-electron chi connectivity index (χ2n) is 6.88. The lowest BCUT2D eigenvalue weighted by molar-refractivity contribution is 0.462. The van der Waals surface area contributed by atoms with Crippen molar-refractivity contribution in [2.45, 2.75) is 39.3 Å². The number of aromatic nitrogens is 3. The van der Waals surface area contributed by atoms with Gasteiger partial charge in [0.2, 0.25) is 0 Å². The largest absolute Gasteiger partial charge is 0.367 e. The molecule has 2 heterocycles. The molecule has 2 N–H and O–H groups in total. The van der Waals surface area contributed by atoms with Crippen molar-refractivity contribution in [1.29, 1.82) is 0 Å². The maximum atomic E-state index is 14.3. The minimum absolute atomic E-state index is 0. The standard InChI is InChI=1S/C19H28FN7.HI/c1-4-21-19(22-11-18-23-13-24-26(18)3)25-15-6-5-9-27(12-15)17-10-14(2)7-8-16(17)20;/h7-8,10,13,15H,4-6,9,11-12H2,1-3H3,(H2,21,22,25);1H. The van der Waals surface area contributed by atoms with Gasteiger partial charge in [0.05, 0.1) is 5.69 Å². The highest BCUT2D eigenvalue weighted by atomic mass is 127. The Morgan fingerprint density at radius 1 is 1.39 bits per heavy atom. The first-order valence-electron chi connectivity index (χ1n) is 9.45. The summed E-state index contributed by atoms with van der Waals surface area (Å²) in [6.45, 7) is 6.86. The van der Waals surface area contributed by atoms with Crippen LogP contribution in [-0.4, -0.2) is 46.4 Å². The van der Waals surface area contributed by atoms with Crippen LogP contribution in [0.25, 0.3) is 0 Å². The number of hydrogen-bond donors (Lipinski definition) is 2. The van der Waals surface area contributed by atoms with Gasteiger partial charge in [-0.25, -0.2) is 14.4 Å². The van der Waals surface area contributed by atoms with Crippen LogP contribution in [0.2, 0.25) is 0 Å². The summed E-state index contributed by atoms with van der Waals surface area (Å²) in [5.74, 6) is 1.39. The Labute approximate surface area is 182 Å². The van der Waals surface area contributed by atoms with E-state index >= 15 is 0 Å². The van der Waals surface area contributed by atoms with Crippen LogP contribution in [0.4, 0.5) is 10.1 Å². The molecule has 1 aliphatic rings. The third kappa shape index (κ3) is 5.79. The van der Waals surface area contributed by atoms with Crippen LogP contribution in [0.15, 0.2) is 29.5 Å². The molecule has 1 unspecified atom stereocenters. The average molecular weight is 501 g/mol. The predicted octanol–water partition coefficient (Wildman–Crippen LogP) is 2.60. The van der Waals surface area contributed by atoms with E-state index in [2.05, 4.69) is 30.6 Å². The van der Waals surface area contributed by atoms with Crippen molar-refractivity contribution in [3.63, 3.8) is 0 Å². The maximum Gasteiger partial charge on any atom is 0.191 e. The molecule has 1 aliphatic heterocycles. The number of benzene rings is 1. The predicted molar refractivity (Wildman–Crippen MR) is 121 cm³/mol. The molecule has 1 saturated heterocycles. The first kappa shape index (κ1) is 22.4. The second-order valence-corrected chi connectivity index (χ2v) is 6.88. The lowest BCUT2D eigenvalue weighted by Crippen LogP contribution is -2.51. The number of aliphatic imine (C=N–C) groups is 1. The van der Waals surface area contributed by atoms with Gasteiger partial charge < -0.3 is 15.5 Å². The van der Waals surface area contributed by atoms with Crippen molar-refractivity contribution >= 4 is 35.6 Å². The Morgan fingerprint density at radius 2 is 2.21 bits per heavy atom. The molecule has 0 aliphatic carbocycles. The summed E-state index contributed by atoms with van der Waals surface area (Å²) in [6.07, 6.45) is 3.56. The first-order chi connectivity index (χ1) is 13.1. The Bertz CT molecular complexity index is 792. The first-order valence-corrected chi connectivity index (χ1v) is 9.45. The summed E-state index contributed by atoms with van der Waals surface area (Å²) in [6, 6.07) is 5.48. The molecule has 0 spiro atoms. The summed E-state index contributed by atoms with van der Waals surface area (Å²) < 4.78 is 16.0. The Balaban J connectivity index is 0.00000280. The number of anilines is 1. The van der Waals surface area contributed by atoms with Crippen molar-refractivity contribution < 1.29 is 4.39 Å². The van der Waals surface area contributed by atoms with Gasteiger partial charge in [-0.15, -0.1) is 24.0 Å². The molecule has 2 aromatic rings. The van der Waals surface area contributed by atoms with Crippen LogP contribution in [-0.2, 0) is 13.6 Å². The van der Waals surface area contributed by atoms with Gasteiger partial charge in [0, 0.05) is 32.7 Å².